The average Bonchev–Trinajstić information content (AvgIpc) is 2.68. The molecule has 23 heavy (non-hydrogen) atoms. The fraction of sp³-hybridized carbons (Fsp3) is 0.400. The number of benzene rings is 1. The van der Waals surface area contributed by atoms with Gasteiger partial charge in [0.1, 0.15) is 17.0 Å². The zero-order chi connectivity index (χ0) is 17.4. The second kappa shape index (κ2) is 5.66. The third kappa shape index (κ3) is 2.80. The SMILES string of the molecule is CC(C)[C@@](C)(C#N)NC(=O)CN1C(=O)c2ccccc2S1(=O)=O. The molecule has 0 unspecified atom stereocenters. The molecule has 0 saturated carbocycles. The van der Waals surface area contributed by atoms with Crippen LogP contribution in [0.15, 0.2) is 29.2 Å². The first-order chi connectivity index (χ1) is 10.6. The summed E-state index contributed by atoms with van der Waals surface area (Å²) in [4.78, 5) is 24.3. The minimum Gasteiger partial charge on any atom is -0.336 e. The van der Waals surface area contributed by atoms with Crippen LogP contribution >= 0.6 is 0 Å². The van der Waals surface area contributed by atoms with Gasteiger partial charge in [-0.2, -0.15) is 5.26 Å². The Morgan fingerprint density at radius 1 is 1.39 bits per heavy atom. The number of nitriles is 1. The largest absolute Gasteiger partial charge is 0.336 e. The molecule has 0 saturated heterocycles. The smallest absolute Gasteiger partial charge is 0.269 e. The van der Waals surface area contributed by atoms with Gasteiger partial charge in [0.05, 0.1) is 11.6 Å². The number of nitrogens with zero attached hydrogens (tertiary/aromatic N) is 2. The molecule has 1 atom stereocenters. The van der Waals surface area contributed by atoms with Crippen molar-refractivity contribution in [1.82, 2.24) is 9.62 Å². The maximum Gasteiger partial charge on any atom is 0.269 e. The van der Waals surface area contributed by atoms with Crippen molar-refractivity contribution in [3.8, 4) is 6.07 Å². The van der Waals surface area contributed by atoms with Gasteiger partial charge in [0, 0.05) is 0 Å². The highest BCUT2D eigenvalue weighted by Gasteiger charge is 2.42. The summed E-state index contributed by atoms with van der Waals surface area (Å²) >= 11 is 0. The summed E-state index contributed by atoms with van der Waals surface area (Å²) in [6, 6.07) is 7.80. The molecule has 1 N–H and O–H groups in total. The van der Waals surface area contributed by atoms with Crippen molar-refractivity contribution in [2.24, 2.45) is 5.92 Å². The number of hydrogen-bond acceptors (Lipinski definition) is 5. The Balaban J connectivity index is 2.24. The molecule has 0 spiro atoms. The highest BCUT2D eigenvalue weighted by Crippen LogP contribution is 2.29. The van der Waals surface area contributed by atoms with E-state index in [0.717, 1.165) is 0 Å². The summed E-state index contributed by atoms with van der Waals surface area (Å²) in [6.45, 7) is 4.42. The number of amides is 2. The van der Waals surface area contributed by atoms with Crippen molar-refractivity contribution in [3.63, 3.8) is 0 Å². The van der Waals surface area contributed by atoms with Gasteiger partial charge in [0.2, 0.25) is 5.91 Å². The maximum atomic E-state index is 12.4. The molecule has 2 amide bonds. The van der Waals surface area contributed by atoms with Gasteiger partial charge in [0.15, 0.2) is 0 Å². The summed E-state index contributed by atoms with van der Waals surface area (Å²) in [5.74, 6) is -1.62. The van der Waals surface area contributed by atoms with Crippen LogP contribution in [0.2, 0.25) is 0 Å². The van der Waals surface area contributed by atoms with Crippen LogP contribution in [0.25, 0.3) is 0 Å². The third-order valence-corrected chi connectivity index (χ3v) is 5.77. The molecule has 2 rings (SSSR count). The molecule has 1 aliphatic heterocycles. The fourth-order valence-corrected chi connectivity index (χ4v) is 3.67. The van der Waals surface area contributed by atoms with E-state index in [0.29, 0.717) is 4.31 Å². The van der Waals surface area contributed by atoms with Gasteiger partial charge in [-0.15, -0.1) is 0 Å². The van der Waals surface area contributed by atoms with Crippen molar-refractivity contribution < 1.29 is 18.0 Å². The van der Waals surface area contributed by atoms with Gasteiger partial charge in [-0.3, -0.25) is 9.59 Å². The van der Waals surface area contributed by atoms with Gasteiger partial charge in [-0.25, -0.2) is 12.7 Å². The minimum atomic E-state index is -4.03. The number of nitrogens with one attached hydrogen (secondary N) is 1. The lowest BCUT2D eigenvalue weighted by Gasteiger charge is -2.28. The monoisotopic (exact) mass is 335 g/mol. The molecule has 7 nitrogen and oxygen atoms in total. The molecule has 122 valence electrons. The van der Waals surface area contributed by atoms with Gasteiger partial charge in [-0.1, -0.05) is 26.0 Å². The molecule has 8 heteroatoms. The van der Waals surface area contributed by atoms with Crippen LogP contribution in [-0.4, -0.2) is 36.6 Å². The summed E-state index contributed by atoms with van der Waals surface area (Å²) in [5, 5.41) is 11.7. The molecular formula is C15H17N3O4S. The van der Waals surface area contributed by atoms with E-state index < -0.39 is 33.9 Å². The third-order valence-electron chi connectivity index (χ3n) is 3.99. The Hall–Kier alpha value is -2.40. The Morgan fingerprint density at radius 3 is 2.52 bits per heavy atom. The standard InChI is InChI=1S/C15H17N3O4S/c1-10(2)15(3,9-16)17-13(19)8-18-14(20)11-6-4-5-7-12(11)23(18,21)22/h4-7,10H,8H2,1-3H3,(H,17,19)/t15-/m1/s1. The van der Waals surface area contributed by atoms with E-state index in [1.165, 1.54) is 18.2 Å². The van der Waals surface area contributed by atoms with Crippen molar-refractivity contribution in [3.05, 3.63) is 29.8 Å². The lowest BCUT2D eigenvalue weighted by molar-refractivity contribution is -0.122. The molecule has 1 heterocycles. The number of carbonyl (C=O) groups excluding carboxylic acids is 2. The predicted molar refractivity (Wildman–Crippen MR) is 81.7 cm³/mol. The molecule has 0 aromatic heterocycles. The minimum absolute atomic E-state index is 0.0483. The Bertz CT molecular complexity index is 810. The first-order valence-corrected chi connectivity index (χ1v) is 8.46. The first-order valence-electron chi connectivity index (χ1n) is 7.02. The van der Waals surface area contributed by atoms with Gasteiger partial charge in [-0.05, 0) is 25.0 Å². The topological polar surface area (TPSA) is 107 Å². The number of rotatable bonds is 4. The second-order valence-corrected chi connectivity index (χ2v) is 7.66. The molecule has 0 bridgehead atoms. The van der Waals surface area contributed by atoms with E-state index in [4.69, 9.17) is 0 Å². The zero-order valence-electron chi connectivity index (χ0n) is 13.0. The van der Waals surface area contributed by atoms with Gasteiger partial charge >= 0.3 is 0 Å². The van der Waals surface area contributed by atoms with Crippen molar-refractivity contribution in [2.45, 2.75) is 31.2 Å². The van der Waals surface area contributed by atoms with Crippen LogP contribution in [0, 0.1) is 17.2 Å². The van der Waals surface area contributed by atoms with Crippen molar-refractivity contribution in [1.29, 1.82) is 5.26 Å². The molecule has 0 fully saturated rings. The van der Waals surface area contributed by atoms with Crippen LogP contribution in [0.1, 0.15) is 31.1 Å². The quantitative estimate of drug-likeness (QED) is 0.879. The first kappa shape index (κ1) is 17.0. The Labute approximate surface area is 134 Å². The molecule has 1 aromatic carbocycles. The molecule has 1 aromatic rings. The van der Waals surface area contributed by atoms with E-state index >= 15 is 0 Å². The van der Waals surface area contributed by atoms with Crippen LogP contribution in [-0.2, 0) is 14.8 Å². The number of sulfonamides is 1. The van der Waals surface area contributed by atoms with E-state index in [2.05, 4.69) is 5.32 Å². The van der Waals surface area contributed by atoms with Crippen LogP contribution < -0.4 is 5.32 Å². The highest BCUT2D eigenvalue weighted by atomic mass is 32.2. The van der Waals surface area contributed by atoms with Gasteiger partial charge in [0.25, 0.3) is 15.9 Å². The number of carbonyl (C=O) groups is 2. The van der Waals surface area contributed by atoms with E-state index in [-0.39, 0.29) is 16.4 Å². The fourth-order valence-electron chi connectivity index (χ4n) is 2.15. The van der Waals surface area contributed by atoms with Crippen LogP contribution in [0.3, 0.4) is 0 Å². The maximum absolute atomic E-state index is 12.4. The average molecular weight is 335 g/mol. The lowest BCUT2D eigenvalue weighted by atomic mass is 9.90. The predicted octanol–water partition coefficient (Wildman–Crippen LogP) is 0.886. The summed E-state index contributed by atoms with van der Waals surface area (Å²) < 4.78 is 25.3. The molecule has 1 aliphatic rings. The van der Waals surface area contributed by atoms with E-state index in [1.807, 2.05) is 6.07 Å². The van der Waals surface area contributed by atoms with Crippen molar-refractivity contribution in [2.75, 3.05) is 6.54 Å². The second-order valence-electron chi connectivity index (χ2n) is 5.83. The normalized spacial score (nSPS) is 18.2. The highest BCUT2D eigenvalue weighted by molar-refractivity contribution is 7.90. The zero-order valence-corrected chi connectivity index (χ0v) is 13.8. The summed E-state index contributed by atoms with van der Waals surface area (Å²) in [7, 11) is -4.03. The van der Waals surface area contributed by atoms with Gasteiger partial charge < -0.3 is 5.32 Å². The van der Waals surface area contributed by atoms with E-state index in [1.54, 1.807) is 26.8 Å². The number of hydrogen-bond donors (Lipinski definition) is 1. The summed E-state index contributed by atoms with van der Waals surface area (Å²) in [5.41, 5.74) is -1.09. The number of fused-ring (bicyclic) bond motifs is 1. The summed E-state index contributed by atoms with van der Waals surface area (Å²) in [6.07, 6.45) is 0. The molecule has 0 radical (unpaired) electrons. The molecule has 0 aliphatic carbocycles. The van der Waals surface area contributed by atoms with Crippen molar-refractivity contribution >= 4 is 21.8 Å². The Morgan fingerprint density at radius 2 is 2.00 bits per heavy atom. The lowest BCUT2D eigenvalue weighted by Crippen LogP contribution is -2.52. The van der Waals surface area contributed by atoms with Crippen LogP contribution in [0.4, 0.5) is 0 Å². The van der Waals surface area contributed by atoms with E-state index in [9.17, 15) is 23.3 Å². The Kier molecular flexibility index (Phi) is 4.18. The van der Waals surface area contributed by atoms with Crippen LogP contribution in [0.5, 0.6) is 0 Å². The molecular weight excluding hydrogens is 318 g/mol.